The number of hydrogen-bond acceptors (Lipinski definition) is 5. The van der Waals surface area contributed by atoms with Crippen LogP contribution in [-0.4, -0.2) is 13.4 Å². The van der Waals surface area contributed by atoms with Crippen molar-refractivity contribution in [1.29, 1.82) is 0 Å². The van der Waals surface area contributed by atoms with Crippen molar-refractivity contribution in [2.45, 2.75) is 11.8 Å². The number of nitrogens with two attached hydrogens (primary N) is 1. The summed E-state index contributed by atoms with van der Waals surface area (Å²) in [5.74, 6) is 0. The molecule has 0 spiro atoms. The molecular weight excluding hydrogens is 294 g/mol. The summed E-state index contributed by atoms with van der Waals surface area (Å²) in [6.07, 6.45) is 0. The molecule has 18 heavy (non-hydrogen) atoms. The van der Waals surface area contributed by atoms with Gasteiger partial charge in [0, 0.05) is 5.38 Å². The summed E-state index contributed by atoms with van der Waals surface area (Å²) in [4.78, 5) is 4.09. The molecule has 3 N–H and O–H groups in total. The number of aromatic nitrogens is 1. The highest BCUT2D eigenvalue weighted by atomic mass is 35.5. The van der Waals surface area contributed by atoms with Gasteiger partial charge in [0.05, 0.1) is 21.3 Å². The van der Waals surface area contributed by atoms with Crippen LogP contribution in [0.1, 0.15) is 5.69 Å². The van der Waals surface area contributed by atoms with Crippen molar-refractivity contribution in [3.05, 3.63) is 34.3 Å². The Morgan fingerprint density at radius 3 is 2.72 bits per heavy atom. The van der Waals surface area contributed by atoms with Gasteiger partial charge >= 0.3 is 0 Å². The van der Waals surface area contributed by atoms with Crippen molar-refractivity contribution in [1.82, 2.24) is 4.98 Å². The number of sulfonamides is 1. The van der Waals surface area contributed by atoms with Crippen LogP contribution in [0.4, 0.5) is 10.8 Å². The van der Waals surface area contributed by atoms with Gasteiger partial charge in [-0.15, -0.1) is 11.3 Å². The second kappa shape index (κ2) is 4.75. The number of nitrogens with one attached hydrogen (secondary N) is 1. The maximum absolute atomic E-state index is 12.0. The van der Waals surface area contributed by atoms with Crippen LogP contribution in [0.3, 0.4) is 0 Å². The predicted molar refractivity (Wildman–Crippen MR) is 73.5 cm³/mol. The first-order valence-electron chi connectivity index (χ1n) is 4.88. The lowest BCUT2D eigenvalue weighted by molar-refractivity contribution is 0.601. The van der Waals surface area contributed by atoms with Gasteiger partial charge in [0.2, 0.25) is 0 Å². The summed E-state index contributed by atoms with van der Waals surface area (Å²) in [6.45, 7) is 1.79. The van der Waals surface area contributed by atoms with Crippen LogP contribution in [0.5, 0.6) is 0 Å². The quantitative estimate of drug-likeness (QED) is 0.853. The molecule has 1 aromatic carbocycles. The lowest BCUT2D eigenvalue weighted by Crippen LogP contribution is -2.13. The minimum absolute atomic E-state index is 0.0530. The van der Waals surface area contributed by atoms with E-state index in [1.165, 1.54) is 29.5 Å². The van der Waals surface area contributed by atoms with E-state index in [0.717, 1.165) is 5.69 Å². The minimum Gasteiger partial charge on any atom is -0.397 e. The van der Waals surface area contributed by atoms with Crippen LogP contribution >= 0.6 is 22.9 Å². The molecule has 0 saturated carbocycles. The van der Waals surface area contributed by atoms with Crippen molar-refractivity contribution < 1.29 is 8.42 Å². The molecule has 0 aliphatic heterocycles. The SMILES string of the molecule is Cc1csc(NS(=O)(=O)c2ccc(Cl)c(N)c2)n1. The molecule has 0 unspecified atom stereocenters. The monoisotopic (exact) mass is 303 g/mol. The number of benzene rings is 1. The topological polar surface area (TPSA) is 85.1 Å². The Hall–Kier alpha value is -1.31. The number of hydrogen-bond donors (Lipinski definition) is 2. The van der Waals surface area contributed by atoms with E-state index >= 15 is 0 Å². The van der Waals surface area contributed by atoms with Gasteiger partial charge in [-0.3, -0.25) is 4.72 Å². The zero-order valence-electron chi connectivity index (χ0n) is 9.34. The summed E-state index contributed by atoms with van der Waals surface area (Å²) >= 11 is 6.96. The highest BCUT2D eigenvalue weighted by Crippen LogP contribution is 2.24. The average molecular weight is 304 g/mol. The molecule has 2 aromatic rings. The summed E-state index contributed by atoms with van der Waals surface area (Å²) in [7, 11) is -3.68. The zero-order chi connectivity index (χ0) is 13.3. The number of nitrogen functional groups attached to an aromatic ring is 1. The molecule has 2 rings (SSSR count). The fraction of sp³-hybridized carbons (Fsp3) is 0.100. The van der Waals surface area contributed by atoms with Crippen molar-refractivity contribution >= 4 is 43.8 Å². The molecule has 8 heteroatoms. The molecule has 0 atom stereocenters. The zero-order valence-corrected chi connectivity index (χ0v) is 11.7. The molecule has 0 aliphatic carbocycles. The number of halogens is 1. The summed E-state index contributed by atoms with van der Waals surface area (Å²) < 4.78 is 26.4. The lowest BCUT2D eigenvalue weighted by atomic mass is 10.3. The number of thiazole rings is 1. The number of anilines is 2. The van der Waals surface area contributed by atoms with Crippen LogP contribution in [0.15, 0.2) is 28.5 Å². The van der Waals surface area contributed by atoms with Gasteiger partial charge in [0.25, 0.3) is 10.0 Å². The Morgan fingerprint density at radius 2 is 2.17 bits per heavy atom. The van der Waals surface area contributed by atoms with Gasteiger partial charge in [-0.1, -0.05) is 11.6 Å². The molecule has 1 heterocycles. The van der Waals surface area contributed by atoms with Gasteiger partial charge in [0.1, 0.15) is 0 Å². The lowest BCUT2D eigenvalue weighted by Gasteiger charge is -2.06. The highest BCUT2D eigenvalue weighted by molar-refractivity contribution is 7.93. The average Bonchev–Trinajstić information content (AvgIpc) is 2.67. The van der Waals surface area contributed by atoms with Crippen molar-refractivity contribution in [2.24, 2.45) is 0 Å². The predicted octanol–water partition coefficient (Wildman–Crippen LogP) is 2.49. The molecule has 0 amide bonds. The van der Waals surface area contributed by atoms with Crippen LogP contribution in [0.25, 0.3) is 0 Å². The summed E-state index contributed by atoms with van der Waals surface area (Å²) in [5, 5.41) is 2.40. The second-order valence-electron chi connectivity index (χ2n) is 3.58. The van der Waals surface area contributed by atoms with Gasteiger partial charge < -0.3 is 5.73 Å². The first-order chi connectivity index (χ1) is 8.38. The van der Waals surface area contributed by atoms with E-state index in [1.807, 2.05) is 0 Å². The summed E-state index contributed by atoms with van der Waals surface area (Å²) in [6, 6.07) is 4.14. The smallest absolute Gasteiger partial charge is 0.263 e. The Kier molecular flexibility index (Phi) is 3.47. The minimum atomic E-state index is -3.68. The summed E-state index contributed by atoms with van der Waals surface area (Å²) in [5.41, 5.74) is 6.55. The van der Waals surface area contributed by atoms with Crippen LogP contribution in [0.2, 0.25) is 5.02 Å². The third-order valence-corrected chi connectivity index (χ3v) is 4.80. The fourth-order valence-electron chi connectivity index (χ4n) is 1.26. The Bertz CT molecular complexity index is 682. The Labute approximate surface area is 114 Å². The number of aryl methyl sites for hydroxylation is 1. The van der Waals surface area contributed by atoms with Gasteiger partial charge in [-0.2, -0.15) is 0 Å². The maximum atomic E-state index is 12.0. The van der Waals surface area contributed by atoms with E-state index in [2.05, 4.69) is 9.71 Å². The largest absolute Gasteiger partial charge is 0.397 e. The first kappa shape index (κ1) is 13.1. The normalized spacial score (nSPS) is 11.4. The molecular formula is C10H10ClN3O2S2. The highest BCUT2D eigenvalue weighted by Gasteiger charge is 2.16. The van der Waals surface area contributed by atoms with Gasteiger partial charge in [-0.05, 0) is 25.1 Å². The Morgan fingerprint density at radius 1 is 1.44 bits per heavy atom. The van der Waals surface area contributed by atoms with Crippen LogP contribution in [-0.2, 0) is 10.0 Å². The van der Waals surface area contributed by atoms with E-state index in [9.17, 15) is 8.42 Å². The number of nitrogens with zero attached hydrogens (tertiary/aromatic N) is 1. The van der Waals surface area contributed by atoms with E-state index in [-0.39, 0.29) is 10.6 Å². The maximum Gasteiger partial charge on any atom is 0.263 e. The molecule has 96 valence electrons. The third-order valence-electron chi connectivity index (χ3n) is 2.12. The molecule has 0 radical (unpaired) electrons. The van der Waals surface area contributed by atoms with Crippen molar-refractivity contribution in [2.75, 3.05) is 10.5 Å². The molecule has 0 bridgehead atoms. The third kappa shape index (κ3) is 2.74. The second-order valence-corrected chi connectivity index (χ2v) is 6.53. The first-order valence-corrected chi connectivity index (χ1v) is 7.62. The van der Waals surface area contributed by atoms with E-state index in [1.54, 1.807) is 12.3 Å². The van der Waals surface area contributed by atoms with Crippen LogP contribution in [0, 0.1) is 6.92 Å². The fourth-order valence-corrected chi connectivity index (χ4v) is 3.36. The van der Waals surface area contributed by atoms with E-state index in [0.29, 0.717) is 10.2 Å². The van der Waals surface area contributed by atoms with E-state index < -0.39 is 10.0 Å². The molecule has 1 aromatic heterocycles. The molecule has 0 fully saturated rings. The molecule has 5 nitrogen and oxygen atoms in total. The standard InChI is InChI=1S/C10H10ClN3O2S2/c1-6-5-17-10(13-6)14-18(15,16)7-2-3-8(11)9(12)4-7/h2-5H,12H2,1H3,(H,13,14). The van der Waals surface area contributed by atoms with E-state index in [4.69, 9.17) is 17.3 Å². The number of rotatable bonds is 3. The molecule has 0 saturated heterocycles. The van der Waals surface area contributed by atoms with Gasteiger partial charge in [-0.25, -0.2) is 13.4 Å². The molecule has 0 aliphatic rings. The van der Waals surface area contributed by atoms with Crippen molar-refractivity contribution in [3.63, 3.8) is 0 Å². The van der Waals surface area contributed by atoms with Crippen molar-refractivity contribution in [3.8, 4) is 0 Å². The van der Waals surface area contributed by atoms with Crippen LogP contribution < -0.4 is 10.5 Å². The Balaban J connectivity index is 2.33. The van der Waals surface area contributed by atoms with Gasteiger partial charge in [0.15, 0.2) is 5.13 Å².